The van der Waals surface area contributed by atoms with E-state index in [1.165, 1.54) is 36.5 Å². The highest BCUT2D eigenvalue weighted by Crippen LogP contribution is 2.26. The van der Waals surface area contributed by atoms with E-state index < -0.39 is 19.0 Å². The van der Waals surface area contributed by atoms with Crippen LogP contribution in [0.3, 0.4) is 0 Å². The zero-order valence-electron chi connectivity index (χ0n) is 12.1. The molecule has 0 aliphatic rings. The maximum atomic E-state index is 12.8. The lowest BCUT2D eigenvalue weighted by Gasteiger charge is -2.15. The minimum Gasteiger partial charge on any atom is -0.507 e. The van der Waals surface area contributed by atoms with Gasteiger partial charge in [-0.25, -0.2) is 8.78 Å². The van der Waals surface area contributed by atoms with Crippen LogP contribution < -0.4 is 4.74 Å². The normalized spacial score (nSPS) is 12.1. The molecule has 128 valence electrons. The van der Waals surface area contributed by atoms with Crippen LogP contribution in [0.2, 0.25) is 0 Å². The number of hydrogen-bond acceptors (Lipinski definition) is 3. The Hall–Kier alpha value is -2.09. The van der Waals surface area contributed by atoms with Gasteiger partial charge in [0.2, 0.25) is 0 Å². The van der Waals surface area contributed by atoms with Crippen LogP contribution in [-0.4, -0.2) is 30.3 Å². The number of rotatable bonds is 6. The molecule has 2 aromatic carbocycles. The van der Waals surface area contributed by atoms with Crippen molar-refractivity contribution in [3.63, 3.8) is 0 Å². The standard InChI is InChI=1S/C16H12BrF4NO2/c17-11-1-6-14(23)10(7-11)8-22-12-2-4-13(5-3-12)24-9-16(20,21)15(18)19/h1-8,15,23H,9H2. The number of ether oxygens (including phenoxy) is 1. The molecule has 0 amide bonds. The Kier molecular flexibility index (Phi) is 5.82. The van der Waals surface area contributed by atoms with Crippen molar-refractivity contribution in [1.82, 2.24) is 0 Å². The largest absolute Gasteiger partial charge is 0.507 e. The summed E-state index contributed by atoms with van der Waals surface area (Å²) >= 11 is 3.27. The van der Waals surface area contributed by atoms with Crippen molar-refractivity contribution in [2.45, 2.75) is 12.3 Å². The Morgan fingerprint density at radius 3 is 2.46 bits per heavy atom. The quantitative estimate of drug-likeness (QED) is 0.531. The molecule has 0 unspecified atom stereocenters. The first kappa shape index (κ1) is 18.3. The summed E-state index contributed by atoms with van der Waals surface area (Å²) in [7, 11) is 0. The average molecular weight is 406 g/mol. The molecule has 0 saturated heterocycles. The maximum Gasteiger partial charge on any atom is 0.340 e. The molecule has 0 atom stereocenters. The first-order valence-electron chi connectivity index (χ1n) is 6.69. The maximum absolute atomic E-state index is 12.8. The number of hydrogen-bond donors (Lipinski definition) is 1. The van der Waals surface area contributed by atoms with Gasteiger partial charge in [-0.3, -0.25) is 4.99 Å². The lowest BCUT2D eigenvalue weighted by atomic mass is 10.2. The van der Waals surface area contributed by atoms with Crippen LogP contribution in [-0.2, 0) is 0 Å². The van der Waals surface area contributed by atoms with E-state index in [0.717, 1.165) is 4.47 Å². The lowest BCUT2D eigenvalue weighted by Crippen LogP contribution is -2.33. The van der Waals surface area contributed by atoms with E-state index in [-0.39, 0.29) is 11.5 Å². The highest BCUT2D eigenvalue weighted by Gasteiger charge is 2.41. The van der Waals surface area contributed by atoms with Crippen molar-refractivity contribution < 1.29 is 27.4 Å². The minimum absolute atomic E-state index is 0.0274. The van der Waals surface area contributed by atoms with Gasteiger partial charge in [-0.1, -0.05) is 15.9 Å². The van der Waals surface area contributed by atoms with Gasteiger partial charge >= 0.3 is 12.3 Å². The van der Waals surface area contributed by atoms with E-state index in [4.69, 9.17) is 0 Å². The van der Waals surface area contributed by atoms with Gasteiger partial charge in [0.05, 0.1) is 5.69 Å². The van der Waals surface area contributed by atoms with Gasteiger partial charge in [0.15, 0.2) is 6.61 Å². The van der Waals surface area contributed by atoms with Gasteiger partial charge in [0.25, 0.3) is 0 Å². The summed E-state index contributed by atoms with van der Waals surface area (Å²) in [5.74, 6) is -4.12. The number of phenols is 1. The van der Waals surface area contributed by atoms with Crippen molar-refractivity contribution in [3.05, 3.63) is 52.5 Å². The summed E-state index contributed by atoms with van der Waals surface area (Å²) in [6.07, 6.45) is -2.35. The molecule has 0 radical (unpaired) electrons. The summed E-state index contributed by atoms with van der Waals surface area (Å²) in [6.45, 7) is -1.40. The van der Waals surface area contributed by atoms with Crippen LogP contribution in [0.4, 0.5) is 23.2 Å². The van der Waals surface area contributed by atoms with Crippen molar-refractivity contribution in [2.75, 3.05) is 6.61 Å². The van der Waals surface area contributed by atoms with Gasteiger partial charge in [0, 0.05) is 16.3 Å². The summed E-state index contributed by atoms with van der Waals surface area (Å²) < 4.78 is 55.0. The monoisotopic (exact) mass is 405 g/mol. The van der Waals surface area contributed by atoms with E-state index in [1.54, 1.807) is 12.1 Å². The second-order valence-corrected chi connectivity index (χ2v) is 5.72. The molecule has 0 aromatic heterocycles. The van der Waals surface area contributed by atoms with Gasteiger partial charge in [-0.2, -0.15) is 8.78 Å². The van der Waals surface area contributed by atoms with Gasteiger partial charge < -0.3 is 9.84 Å². The molecule has 0 bridgehead atoms. The molecule has 8 heteroatoms. The molecule has 0 fully saturated rings. The van der Waals surface area contributed by atoms with E-state index >= 15 is 0 Å². The van der Waals surface area contributed by atoms with E-state index in [0.29, 0.717) is 11.3 Å². The molecule has 0 heterocycles. The summed E-state index contributed by atoms with van der Waals surface area (Å²) in [5, 5.41) is 9.68. The molecule has 0 saturated carbocycles. The lowest BCUT2D eigenvalue weighted by molar-refractivity contribution is -0.148. The fourth-order valence-corrected chi connectivity index (χ4v) is 2.02. The van der Waals surface area contributed by atoms with Gasteiger partial charge in [-0.15, -0.1) is 0 Å². The third-order valence-corrected chi connectivity index (χ3v) is 3.42. The second-order valence-electron chi connectivity index (χ2n) is 4.81. The Labute approximate surface area is 143 Å². The number of aromatic hydroxyl groups is 1. The Morgan fingerprint density at radius 1 is 1.17 bits per heavy atom. The summed E-state index contributed by atoms with van der Waals surface area (Å²) in [5.41, 5.74) is 0.962. The van der Waals surface area contributed by atoms with Crippen LogP contribution in [0, 0.1) is 0 Å². The molecular weight excluding hydrogens is 394 g/mol. The van der Waals surface area contributed by atoms with E-state index in [9.17, 15) is 22.7 Å². The average Bonchev–Trinajstić information content (AvgIpc) is 2.54. The predicted octanol–water partition coefficient (Wildman–Crippen LogP) is 5.18. The highest BCUT2D eigenvalue weighted by atomic mass is 79.9. The van der Waals surface area contributed by atoms with Crippen molar-refractivity contribution in [1.29, 1.82) is 0 Å². The molecule has 1 N–H and O–H groups in total. The number of alkyl halides is 4. The first-order valence-corrected chi connectivity index (χ1v) is 7.48. The molecular formula is C16H12BrF4NO2. The molecule has 24 heavy (non-hydrogen) atoms. The molecule has 2 rings (SSSR count). The second kappa shape index (κ2) is 7.65. The number of halogens is 5. The fourth-order valence-electron chi connectivity index (χ4n) is 1.64. The molecule has 0 aliphatic heterocycles. The molecule has 0 aliphatic carbocycles. The number of phenolic OH excluding ortho intramolecular Hbond substituents is 1. The fraction of sp³-hybridized carbons (Fsp3) is 0.188. The van der Waals surface area contributed by atoms with Crippen molar-refractivity contribution in [3.8, 4) is 11.5 Å². The van der Waals surface area contributed by atoms with Crippen LogP contribution in [0.15, 0.2) is 51.9 Å². The van der Waals surface area contributed by atoms with E-state index in [1.807, 2.05) is 0 Å². The van der Waals surface area contributed by atoms with Crippen LogP contribution in [0.5, 0.6) is 11.5 Å². The Balaban J connectivity index is 2.02. The first-order chi connectivity index (χ1) is 11.3. The third-order valence-electron chi connectivity index (χ3n) is 2.93. The number of aliphatic imine (C=N–C) groups is 1. The smallest absolute Gasteiger partial charge is 0.340 e. The summed E-state index contributed by atoms with van der Waals surface area (Å²) in [4.78, 5) is 4.13. The number of nitrogens with zero attached hydrogens (tertiary/aromatic N) is 1. The summed E-state index contributed by atoms with van der Waals surface area (Å²) in [6, 6.07) is 10.5. The minimum atomic E-state index is -4.20. The highest BCUT2D eigenvalue weighted by molar-refractivity contribution is 9.10. The predicted molar refractivity (Wildman–Crippen MR) is 85.9 cm³/mol. The van der Waals surface area contributed by atoms with Crippen LogP contribution >= 0.6 is 15.9 Å². The van der Waals surface area contributed by atoms with Crippen molar-refractivity contribution >= 4 is 27.8 Å². The van der Waals surface area contributed by atoms with Crippen LogP contribution in [0.1, 0.15) is 5.56 Å². The zero-order chi connectivity index (χ0) is 17.7. The Morgan fingerprint density at radius 2 is 1.83 bits per heavy atom. The Bertz CT molecular complexity index is 721. The zero-order valence-corrected chi connectivity index (χ0v) is 13.7. The topological polar surface area (TPSA) is 41.8 Å². The molecule has 2 aromatic rings. The van der Waals surface area contributed by atoms with Crippen LogP contribution in [0.25, 0.3) is 0 Å². The van der Waals surface area contributed by atoms with Gasteiger partial charge in [0.1, 0.15) is 11.5 Å². The molecule has 0 spiro atoms. The molecule has 3 nitrogen and oxygen atoms in total. The number of benzene rings is 2. The van der Waals surface area contributed by atoms with E-state index in [2.05, 4.69) is 25.7 Å². The van der Waals surface area contributed by atoms with Crippen molar-refractivity contribution in [2.24, 2.45) is 4.99 Å². The third kappa shape index (κ3) is 4.95. The van der Waals surface area contributed by atoms with Gasteiger partial charge in [-0.05, 0) is 42.5 Å². The SMILES string of the molecule is Oc1ccc(Br)cc1C=Nc1ccc(OCC(F)(F)C(F)F)cc1.